The zero-order valence-corrected chi connectivity index (χ0v) is 11.3. The number of rotatable bonds is 3. The molecule has 2 N–H and O–H groups in total. The van der Waals surface area contributed by atoms with E-state index in [2.05, 4.69) is 9.71 Å². The van der Waals surface area contributed by atoms with E-state index in [1.165, 1.54) is 24.3 Å². The summed E-state index contributed by atoms with van der Waals surface area (Å²) in [5, 5.41) is 18.6. The van der Waals surface area contributed by atoms with Crippen molar-refractivity contribution in [3.8, 4) is 11.8 Å². The number of nitrogens with zero attached hydrogens (tertiary/aromatic N) is 2. The van der Waals surface area contributed by atoms with Gasteiger partial charge in [0.25, 0.3) is 10.0 Å². The van der Waals surface area contributed by atoms with Crippen LogP contribution in [0.4, 0.5) is 5.82 Å². The lowest BCUT2D eigenvalue weighted by molar-refractivity contribution is 0.475. The van der Waals surface area contributed by atoms with Gasteiger partial charge in [0.2, 0.25) is 0 Å². The summed E-state index contributed by atoms with van der Waals surface area (Å²) in [6.07, 6.45) is 0. The molecule has 2 rings (SSSR count). The van der Waals surface area contributed by atoms with Crippen LogP contribution in [0.1, 0.15) is 11.3 Å². The van der Waals surface area contributed by atoms with E-state index in [1.54, 1.807) is 19.1 Å². The van der Waals surface area contributed by atoms with Gasteiger partial charge in [0.1, 0.15) is 11.0 Å². The van der Waals surface area contributed by atoms with Gasteiger partial charge in [-0.25, -0.2) is 13.4 Å². The Kier molecular flexibility index (Phi) is 3.59. The topological polar surface area (TPSA) is 103 Å². The maximum absolute atomic E-state index is 12.2. The van der Waals surface area contributed by atoms with Gasteiger partial charge in [-0.2, -0.15) is 5.26 Å². The van der Waals surface area contributed by atoms with Crippen molar-refractivity contribution in [2.24, 2.45) is 0 Å². The number of sulfonamides is 1. The number of hydrogen-bond acceptors (Lipinski definition) is 5. The van der Waals surface area contributed by atoms with Crippen molar-refractivity contribution in [3.05, 3.63) is 47.7 Å². The minimum absolute atomic E-state index is 0.0205. The number of anilines is 1. The van der Waals surface area contributed by atoms with Gasteiger partial charge in [0, 0.05) is 5.69 Å². The molecule has 0 saturated carbocycles. The van der Waals surface area contributed by atoms with Crippen LogP contribution in [-0.2, 0) is 10.0 Å². The summed E-state index contributed by atoms with van der Waals surface area (Å²) in [6, 6.07) is 10.5. The summed E-state index contributed by atoms with van der Waals surface area (Å²) in [5.74, 6) is -0.452. The Balaban J connectivity index is 2.47. The third kappa shape index (κ3) is 2.70. The van der Waals surface area contributed by atoms with Crippen LogP contribution in [0.2, 0.25) is 0 Å². The Bertz CT molecular complexity index is 795. The van der Waals surface area contributed by atoms with Crippen LogP contribution in [0.5, 0.6) is 5.75 Å². The Morgan fingerprint density at radius 3 is 2.65 bits per heavy atom. The first-order valence-electron chi connectivity index (χ1n) is 5.62. The van der Waals surface area contributed by atoms with Crippen LogP contribution in [0, 0.1) is 18.3 Å². The second-order valence-corrected chi connectivity index (χ2v) is 5.68. The van der Waals surface area contributed by atoms with Gasteiger partial charge >= 0.3 is 0 Å². The maximum Gasteiger partial charge on any atom is 0.264 e. The van der Waals surface area contributed by atoms with Crippen molar-refractivity contribution < 1.29 is 13.5 Å². The quantitative estimate of drug-likeness (QED) is 0.896. The molecular formula is C13H11N3O3S. The van der Waals surface area contributed by atoms with Crippen molar-refractivity contribution in [2.75, 3.05) is 4.72 Å². The highest BCUT2D eigenvalue weighted by molar-refractivity contribution is 7.92. The molecule has 0 bridgehead atoms. The van der Waals surface area contributed by atoms with Crippen molar-refractivity contribution in [2.45, 2.75) is 11.8 Å². The van der Waals surface area contributed by atoms with E-state index in [0.29, 0.717) is 5.69 Å². The van der Waals surface area contributed by atoms with Gasteiger partial charge in [0.15, 0.2) is 11.6 Å². The fourth-order valence-electron chi connectivity index (χ4n) is 1.60. The normalized spacial score (nSPS) is 10.8. The van der Waals surface area contributed by atoms with Crippen molar-refractivity contribution >= 4 is 15.8 Å². The molecule has 1 heterocycles. The lowest BCUT2D eigenvalue weighted by Gasteiger charge is -2.10. The molecule has 1 aromatic carbocycles. The number of hydrogen-bond donors (Lipinski definition) is 2. The van der Waals surface area contributed by atoms with E-state index in [1.807, 2.05) is 6.07 Å². The average Bonchev–Trinajstić information content (AvgIpc) is 2.42. The van der Waals surface area contributed by atoms with Gasteiger partial charge in [-0.3, -0.25) is 4.72 Å². The molecule has 102 valence electrons. The molecule has 20 heavy (non-hydrogen) atoms. The zero-order valence-electron chi connectivity index (χ0n) is 10.5. The minimum atomic E-state index is -3.99. The van der Waals surface area contributed by atoms with Crippen LogP contribution in [0.25, 0.3) is 0 Å². The Hall–Kier alpha value is -2.59. The van der Waals surface area contributed by atoms with Gasteiger partial charge in [-0.05, 0) is 31.2 Å². The molecule has 0 aliphatic carbocycles. The molecule has 0 fully saturated rings. The minimum Gasteiger partial charge on any atom is -0.504 e. The maximum atomic E-state index is 12.2. The number of nitrogens with one attached hydrogen (secondary N) is 1. The number of pyridine rings is 1. The van der Waals surface area contributed by atoms with E-state index >= 15 is 0 Å². The second kappa shape index (κ2) is 5.19. The molecular weight excluding hydrogens is 278 g/mol. The highest BCUT2D eigenvalue weighted by atomic mass is 32.2. The van der Waals surface area contributed by atoms with Crippen LogP contribution < -0.4 is 4.72 Å². The van der Waals surface area contributed by atoms with E-state index in [9.17, 15) is 13.5 Å². The zero-order chi connectivity index (χ0) is 14.8. The molecule has 0 atom stereocenters. The fourth-order valence-corrected chi connectivity index (χ4v) is 2.78. The summed E-state index contributed by atoms with van der Waals surface area (Å²) < 4.78 is 26.6. The van der Waals surface area contributed by atoms with Crippen molar-refractivity contribution in [1.29, 1.82) is 5.26 Å². The number of aryl methyl sites for hydroxylation is 1. The summed E-state index contributed by atoms with van der Waals surface area (Å²) in [6.45, 7) is 1.67. The molecule has 0 spiro atoms. The molecule has 7 heteroatoms. The Labute approximate surface area is 116 Å². The lowest BCUT2D eigenvalue weighted by atomic mass is 10.2. The SMILES string of the molecule is Cc1ccc(O)c(NS(=O)(=O)c2ccccc2C#N)n1. The largest absolute Gasteiger partial charge is 0.504 e. The van der Waals surface area contributed by atoms with Crippen molar-refractivity contribution in [3.63, 3.8) is 0 Å². The monoisotopic (exact) mass is 289 g/mol. The molecule has 6 nitrogen and oxygen atoms in total. The number of aromatic nitrogens is 1. The summed E-state index contributed by atoms with van der Waals surface area (Å²) >= 11 is 0. The fraction of sp³-hybridized carbons (Fsp3) is 0.0769. The molecule has 0 aliphatic rings. The summed E-state index contributed by atoms with van der Waals surface area (Å²) in [5.41, 5.74) is 0.571. The molecule has 0 amide bonds. The van der Waals surface area contributed by atoms with Gasteiger partial charge in [-0.15, -0.1) is 0 Å². The molecule has 0 saturated heterocycles. The highest BCUT2D eigenvalue weighted by Crippen LogP contribution is 2.24. The Morgan fingerprint density at radius 1 is 1.25 bits per heavy atom. The van der Waals surface area contributed by atoms with Crippen LogP contribution >= 0.6 is 0 Å². The molecule has 0 aliphatic heterocycles. The number of aromatic hydroxyl groups is 1. The second-order valence-electron chi connectivity index (χ2n) is 4.03. The van der Waals surface area contributed by atoms with Crippen LogP contribution in [-0.4, -0.2) is 18.5 Å². The highest BCUT2D eigenvalue weighted by Gasteiger charge is 2.20. The van der Waals surface area contributed by atoms with Crippen LogP contribution in [0.3, 0.4) is 0 Å². The van der Waals surface area contributed by atoms with Crippen molar-refractivity contribution in [1.82, 2.24) is 4.98 Å². The first kappa shape index (κ1) is 13.8. The van der Waals surface area contributed by atoms with E-state index < -0.39 is 10.0 Å². The molecule has 0 radical (unpaired) electrons. The summed E-state index contributed by atoms with van der Waals surface area (Å²) in [4.78, 5) is 3.75. The standard InChI is InChI=1S/C13H11N3O3S/c1-9-6-7-11(17)13(15-9)16-20(18,19)12-5-3-2-4-10(12)8-14/h2-7,17H,1H3,(H,15,16). The van der Waals surface area contributed by atoms with E-state index in [-0.39, 0.29) is 22.0 Å². The van der Waals surface area contributed by atoms with E-state index in [0.717, 1.165) is 0 Å². The molecule has 2 aromatic rings. The molecule has 1 aromatic heterocycles. The first-order chi connectivity index (χ1) is 9.44. The number of nitriles is 1. The summed E-state index contributed by atoms with van der Waals surface area (Å²) in [7, 11) is -3.99. The van der Waals surface area contributed by atoms with E-state index in [4.69, 9.17) is 5.26 Å². The average molecular weight is 289 g/mol. The first-order valence-corrected chi connectivity index (χ1v) is 7.11. The van der Waals surface area contributed by atoms with Gasteiger partial charge in [0.05, 0.1) is 5.56 Å². The molecule has 0 unspecified atom stereocenters. The number of benzene rings is 1. The van der Waals surface area contributed by atoms with Gasteiger partial charge in [-0.1, -0.05) is 12.1 Å². The third-order valence-electron chi connectivity index (χ3n) is 2.54. The lowest BCUT2D eigenvalue weighted by Crippen LogP contribution is -2.15. The van der Waals surface area contributed by atoms with Crippen LogP contribution in [0.15, 0.2) is 41.3 Å². The predicted octanol–water partition coefficient (Wildman–Crippen LogP) is 1.77. The Morgan fingerprint density at radius 2 is 1.95 bits per heavy atom. The van der Waals surface area contributed by atoms with Gasteiger partial charge < -0.3 is 5.11 Å². The third-order valence-corrected chi connectivity index (χ3v) is 3.94. The predicted molar refractivity (Wildman–Crippen MR) is 72.6 cm³/mol. The smallest absolute Gasteiger partial charge is 0.264 e.